The zero-order valence-corrected chi connectivity index (χ0v) is 24.4. The maximum atomic E-state index is 14.7. The summed E-state index contributed by atoms with van der Waals surface area (Å²) in [5, 5.41) is 9.47. The van der Waals surface area contributed by atoms with E-state index in [1.165, 1.54) is 19.2 Å². The Morgan fingerprint density at radius 2 is 1.40 bits per heavy atom. The summed E-state index contributed by atoms with van der Waals surface area (Å²) in [6.07, 6.45) is -10.4. The first-order valence-electron chi connectivity index (χ1n) is 13.6. The second-order valence-corrected chi connectivity index (χ2v) is 10.5. The Balaban J connectivity index is 2.00. The average molecular weight is 611 g/mol. The number of aliphatic hydroxyl groups is 1. The van der Waals surface area contributed by atoms with Gasteiger partial charge in [-0.1, -0.05) is 68.5 Å². The van der Waals surface area contributed by atoms with Crippen molar-refractivity contribution in [1.82, 2.24) is 0 Å². The van der Waals surface area contributed by atoms with E-state index in [2.05, 4.69) is 4.74 Å². The Morgan fingerprint density at radius 3 is 1.86 bits per heavy atom. The number of methoxy groups -OCH3 is 1. The Hall–Kier alpha value is -3.66. The van der Waals surface area contributed by atoms with Crippen molar-refractivity contribution >= 4 is 12.0 Å². The van der Waals surface area contributed by atoms with Gasteiger partial charge in [-0.15, -0.1) is 0 Å². The second kappa shape index (κ2) is 12.5. The zero-order valence-electron chi connectivity index (χ0n) is 24.4. The fraction of sp³-hybridized carbons (Fsp3) is 0.364. The molecule has 10 heteroatoms. The predicted octanol–water partition coefficient (Wildman–Crippen LogP) is 8.80. The van der Waals surface area contributed by atoms with Crippen LogP contribution in [0.25, 0.3) is 17.2 Å². The van der Waals surface area contributed by atoms with Crippen molar-refractivity contribution in [3.63, 3.8) is 0 Å². The summed E-state index contributed by atoms with van der Waals surface area (Å²) < 4.78 is 98.0. The molecule has 3 rings (SSSR count). The van der Waals surface area contributed by atoms with Gasteiger partial charge in [0.2, 0.25) is 0 Å². The minimum absolute atomic E-state index is 0.0981. The second-order valence-electron chi connectivity index (χ2n) is 10.5. The van der Waals surface area contributed by atoms with Crippen molar-refractivity contribution < 1.29 is 45.4 Å². The molecular weight excluding hydrogens is 577 g/mol. The molecule has 0 heterocycles. The Morgan fingerprint density at radius 1 is 0.837 bits per heavy atom. The van der Waals surface area contributed by atoms with Crippen LogP contribution in [-0.4, -0.2) is 36.1 Å². The molecule has 0 atom stereocenters. The van der Waals surface area contributed by atoms with Crippen molar-refractivity contribution in [2.24, 2.45) is 0 Å². The van der Waals surface area contributed by atoms with Crippen LogP contribution in [0.2, 0.25) is 0 Å². The molecule has 0 aliphatic heterocycles. The quantitative estimate of drug-likeness (QED) is 0.195. The van der Waals surface area contributed by atoms with Crippen molar-refractivity contribution in [2.45, 2.75) is 70.3 Å². The summed E-state index contributed by atoms with van der Waals surface area (Å²) in [6.45, 7) is 7.43. The van der Waals surface area contributed by atoms with Gasteiger partial charge in [-0.2, -0.15) is 26.3 Å². The number of ether oxygens (including phenoxy) is 1. The molecular formula is C33H33F7O3. The van der Waals surface area contributed by atoms with Gasteiger partial charge in [-0.05, 0) is 83.3 Å². The molecule has 3 aromatic rings. The molecule has 232 valence electrons. The lowest BCUT2D eigenvalue weighted by atomic mass is 9.69. The lowest BCUT2D eigenvalue weighted by Crippen LogP contribution is -2.55. The number of halogens is 7. The summed E-state index contributed by atoms with van der Waals surface area (Å²) in [6, 6.07) is 15.2. The summed E-state index contributed by atoms with van der Waals surface area (Å²) in [4.78, 5) is 11.5. The van der Waals surface area contributed by atoms with Gasteiger partial charge in [0.15, 0.2) is 0 Å². The number of carbonyl (C=O) groups excluding carboxylic acids is 1. The molecule has 0 bridgehead atoms. The summed E-state index contributed by atoms with van der Waals surface area (Å²) in [5.74, 6) is -1.08. The maximum absolute atomic E-state index is 14.7. The van der Waals surface area contributed by atoms with E-state index in [4.69, 9.17) is 0 Å². The van der Waals surface area contributed by atoms with Crippen LogP contribution < -0.4 is 0 Å². The molecule has 43 heavy (non-hydrogen) atoms. The van der Waals surface area contributed by atoms with Gasteiger partial charge in [-0.3, -0.25) is 4.79 Å². The smallest absolute Gasteiger partial charge is 0.430 e. The van der Waals surface area contributed by atoms with E-state index in [0.717, 1.165) is 22.3 Å². The van der Waals surface area contributed by atoms with Gasteiger partial charge in [0.05, 0.1) is 13.5 Å². The van der Waals surface area contributed by atoms with Gasteiger partial charge >= 0.3 is 18.3 Å². The minimum atomic E-state index is -5.95. The largest absolute Gasteiger partial charge is 0.469 e. The molecule has 0 spiro atoms. The molecule has 0 radical (unpaired) electrons. The van der Waals surface area contributed by atoms with Crippen LogP contribution in [0.1, 0.15) is 60.1 Å². The Bertz CT molecular complexity index is 1490. The fourth-order valence-electron chi connectivity index (χ4n) is 5.32. The van der Waals surface area contributed by atoms with Gasteiger partial charge in [0.1, 0.15) is 5.82 Å². The highest BCUT2D eigenvalue weighted by Crippen LogP contribution is 2.45. The molecule has 0 aromatic heterocycles. The third kappa shape index (κ3) is 6.64. The lowest BCUT2D eigenvalue weighted by molar-refractivity contribution is -0.347. The molecule has 0 saturated carbocycles. The molecule has 0 unspecified atom stereocenters. The minimum Gasteiger partial charge on any atom is -0.469 e. The molecule has 0 aliphatic carbocycles. The third-order valence-electron chi connectivity index (χ3n) is 8.10. The third-order valence-corrected chi connectivity index (χ3v) is 8.10. The van der Waals surface area contributed by atoms with Gasteiger partial charge < -0.3 is 9.84 Å². The summed E-state index contributed by atoms with van der Waals surface area (Å²) >= 11 is 0. The molecule has 3 nitrogen and oxygen atoms in total. The first kappa shape index (κ1) is 33.8. The Kier molecular flexibility index (Phi) is 9.85. The van der Waals surface area contributed by atoms with E-state index in [0.29, 0.717) is 30.0 Å². The molecule has 3 aromatic carbocycles. The topological polar surface area (TPSA) is 46.5 Å². The molecule has 0 fully saturated rings. The number of benzene rings is 3. The first-order valence-corrected chi connectivity index (χ1v) is 13.6. The standard InChI is InChI=1S/C33H33F7O3/c1-6-30(7-2,25-11-10-22(20(3)16-25)14-15-31(42,32(35,36)37)33(38,39)40)26-12-13-27(21(4)17-26)23-8-9-24(28(34)18-23)19-29(41)43-5/h8-18,42H,6-7,19H2,1-5H3. The number of alkyl halides is 6. The number of carbonyl (C=O) groups is 1. The van der Waals surface area contributed by atoms with E-state index >= 15 is 0 Å². The first-order chi connectivity index (χ1) is 19.9. The number of hydrogen-bond donors (Lipinski definition) is 1. The van der Waals surface area contributed by atoms with Crippen LogP contribution in [0.5, 0.6) is 0 Å². The highest BCUT2D eigenvalue weighted by atomic mass is 19.4. The lowest BCUT2D eigenvalue weighted by Gasteiger charge is -2.34. The van der Waals surface area contributed by atoms with Crippen LogP contribution in [0.15, 0.2) is 60.7 Å². The monoisotopic (exact) mass is 610 g/mol. The van der Waals surface area contributed by atoms with E-state index in [1.807, 2.05) is 39.0 Å². The summed E-state index contributed by atoms with van der Waals surface area (Å²) in [7, 11) is 1.23. The number of hydrogen-bond acceptors (Lipinski definition) is 3. The normalized spacial score (nSPS) is 13.0. The van der Waals surface area contributed by atoms with Crippen molar-refractivity contribution in [3.8, 4) is 11.1 Å². The molecule has 0 amide bonds. The van der Waals surface area contributed by atoms with Crippen LogP contribution in [-0.2, 0) is 21.4 Å². The van der Waals surface area contributed by atoms with E-state index in [1.54, 1.807) is 31.2 Å². The zero-order chi connectivity index (χ0) is 32.4. The van der Waals surface area contributed by atoms with E-state index < -0.39 is 35.2 Å². The van der Waals surface area contributed by atoms with E-state index in [-0.39, 0.29) is 23.6 Å². The van der Waals surface area contributed by atoms with E-state index in [9.17, 15) is 40.6 Å². The molecule has 0 saturated heterocycles. The van der Waals surface area contributed by atoms with Crippen LogP contribution in [0.3, 0.4) is 0 Å². The molecule has 1 N–H and O–H groups in total. The number of rotatable bonds is 9. The van der Waals surface area contributed by atoms with Crippen LogP contribution in [0, 0.1) is 19.7 Å². The van der Waals surface area contributed by atoms with Crippen LogP contribution in [0.4, 0.5) is 30.7 Å². The molecule has 0 aliphatic rings. The number of aryl methyl sites for hydroxylation is 2. The highest BCUT2D eigenvalue weighted by molar-refractivity contribution is 5.74. The van der Waals surface area contributed by atoms with Crippen molar-refractivity contribution in [1.29, 1.82) is 0 Å². The fourth-order valence-corrected chi connectivity index (χ4v) is 5.32. The SMILES string of the molecule is CCC(CC)(c1ccc(C=CC(O)(C(F)(F)F)C(F)(F)F)c(C)c1)c1ccc(-c2ccc(CC(=O)OC)c(F)c2)c(C)c1. The van der Waals surface area contributed by atoms with Gasteiger partial charge in [0, 0.05) is 5.41 Å². The van der Waals surface area contributed by atoms with Crippen molar-refractivity contribution in [2.75, 3.05) is 7.11 Å². The average Bonchev–Trinajstić information content (AvgIpc) is 2.93. The maximum Gasteiger partial charge on any atom is 0.430 e. The van der Waals surface area contributed by atoms with Crippen molar-refractivity contribution in [3.05, 3.63) is 99.9 Å². The predicted molar refractivity (Wildman–Crippen MR) is 151 cm³/mol. The summed E-state index contributed by atoms with van der Waals surface area (Å²) in [5.41, 5.74) is -0.744. The number of esters is 1. The van der Waals surface area contributed by atoms with Gasteiger partial charge in [0.25, 0.3) is 5.60 Å². The Labute approximate surface area is 246 Å². The van der Waals surface area contributed by atoms with Gasteiger partial charge in [-0.25, -0.2) is 4.39 Å². The highest BCUT2D eigenvalue weighted by Gasteiger charge is 2.68. The van der Waals surface area contributed by atoms with Crippen LogP contribution >= 0.6 is 0 Å².